The summed E-state index contributed by atoms with van der Waals surface area (Å²) < 4.78 is 17.7. The van der Waals surface area contributed by atoms with Gasteiger partial charge >= 0.3 is 0 Å². The summed E-state index contributed by atoms with van der Waals surface area (Å²) in [6.45, 7) is 0.0105. The van der Waals surface area contributed by atoms with Gasteiger partial charge in [0.15, 0.2) is 6.04 Å². The van der Waals surface area contributed by atoms with Crippen molar-refractivity contribution in [2.24, 2.45) is 0 Å². The molecule has 0 unspecified atom stereocenters. The molecular weight excluding hydrogens is 462 g/mol. The summed E-state index contributed by atoms with van der Waals surface area (Å²) in [5.41, 5.74) is 1.86. The van der Waals surface area contributed by atoms with E-state index in [1.165, 1.54) is 22.1 Å². The highest BCUT2D eigenvalue weighted by Gasteiger charge is 2.35. The number of nitrogens with zero attached hydrogens (tertiary/aromatic N) is 4. The second-order valence-corrected chi connectivity index (χ2v) is 7.91. The van der Waals surface area contributed by atoms with Gasteiger partial charge in [-0.3, -0.25) is 14.5 Å². The Morgan fingerprint density at radius 2 is 1.78 bits per heavy atom. The van der Waals surface area contributed by atoms with Crippen molar-refractivity contribution in [3.8, 4) is 5.75 Å². The van der Waals surface area contributed by atoms with Gasteiger partial charge in [0.25, 0.3) is 5.91 Å². The third kappa shape index (κ3) is 4.69. The van der Waals surface area contributed by atoms with Crippen LogP contribution in [0.4, 0.5) is 5.69 Å². The predicted molar refractivity (Wildman–Crippen MR) is 130 cm³/mol. The summed E-state index contributed by atoms with van der Waals surface area (Å²) in [4.78, 5) is 28.8. The minimum Gasteiger partial charge on any atom is -0.497 e. The number of aromatic nitrogens is 3. The molecule has 182 valence electrons. The van der Waals surface area contributed by atoms with E-state index in [1.807, 2.05) is 24.3 Å². The first-order chi connectivity index (χ1) is 17.6. The smallest absolute Gasteiger partial charge is 0.251 e. The molecule has 5 aromatic rings. The highest BCUT2D eigenvalue weighted by molar-refractivity contribution is 6.01. The fourth-order valence-corrected chi connectivity index (χ4v) is 3.92. The lowest BCUT2D eigenvalue weighted by Gasteiger charge is -2.30. The van der Waals surface area contributed by atoms with Gasteiger partial charge in [-0.15, -0.1) is 5.10 Å². The van der Waals surface area contributed by atoms with Gasteiger partial charge in [0.1, 0.15) is 29.3 Å². The standard InChI is InChI=1S/C26H23N5O5/c1-34-19-12-10-18(11-13-19)31(24(32)17-30-22-8-3-2-7-21(22)28-29-30)25(23-9-5-15-36-23)26(33)27-16-20-6-4-14-35-20/h2-15,25H,16-17H2,1H3,(H,27,33)/t25-/m0/s1. The van der Waals surface area contributed by atoms with Crippen LogP contribution in [0, 0.1) is 0 Å². The number of para-hydroxylation sites is 1. The molecule has 0 saturated heterocycles. The molecule has 0 saturated carbocycles. The van der Waals surface area contributed by atoms with Gasteiger partial charge in [0.2, 0.25) is 5.91 Å². The molecule has 0 fully saturated rings. The third-order valence-electron chi connectivity index (χ3n) is 5.66. The monoisotopic (exact) mass is 485 g/mol. The van der Waals surface area contributed by atoms with E-state index in [9.17, 15) is 9.59 Å². The van der Waals surface area contributed by atoms with Crippen molar-refractivity contribution >= 4 is 28.5 Å². The molecule has 0 bridgehead atoms. The Kier molecular flexibility index (Phi) is 6.48. The number of amides is 2. The molecule has 0 aliphatic carbocycles. The van der Waals surface area contributed by atoms with Crippen LogP contribution in [-0.4, -0.2) is 33.9 Å². The number of ether oxygens (including phenoxy) is 1. The number of fused-ring (bicyclic) bond motifs is 1. The van der Waals surface area contributed by atoms with E-state index in [1.54, 1.807) is 55.6 Å². The molecule has 1 N–H and O–H groups in total. The van der Waals surface area contributed by atoms with Gasteiger partial charge in [-0.25, -0.2) is 4.68 Å². The summed E-state index contributed by atoms with van der Waals surface area (Å²) in [6.07, 6.45) is 2.99. The maximum atomic E-state index is 13.8. The first-order valence-corrected chi connectivity index (χ1v) is 11.2. The van der Waals surface area contributed by atoms with Crippen molar-refractivity contribution in [3.63, 3.8) is 0 Å². The molecule has 1 atom stereocenters. The fourth-order valence-electron chi connectivity index (χ4n) is 3.92. The zero-order chi connectivity index (χ0) is 24.9. The molecule has 0 aliphatic rings. The maximum absolute atomic E-state index is 13.8. The van der Waals surface area contributed by atoms with Crippen LogP contribution in [0.15, 0.2) is 94.2 Å². The molecule has 36 heavy (non-hydrogen) atoms. The average Bonchev–Trinajstić information content (AvgIpc) is 3.69. The molecule has 5 rings (SSSR count). The van der Waals surface area contributed by atoms with E-state index >= 15 is 0 Å². The Balaban J connectivity index is 1.52. The van der Waals surface area contributed by atoms with Crippen molar-refractivity contribution in [2.45, 2.75) is 19.1 Å². The van der Waals surface area contributed by atoms with Crippen LogP contribution in [-0.2, 0) is 22.7 Å². The van der Waals surface area contributed by atoms with Crippen LogP contribution in [0.2, 0.25) is 0 Å². The number of hydrogen-bond acceptors (Lipinski definition) is 7. The first-order valence-electron chi connectivity index (χ1n) is 11.2. The number of furan rings is 2. The molecule has 10 heteroatoms. The normalized spacial score (nSPS) is 11.8. The average molecular weight is 486 g/mol. The van der Waals surface area contributed by atoms with Gasteiger partial charge in [-0.05, 0) is 60.7 Å². The largest absolute Gasteiger partial charge is 0.497 e. The molecule has 0 radical (unpaired) electrons. The van der Waals surface area contributed by atoms with E-state index in [0.717, 1.165) is 0 Å². The van der Waals surface area contributed by atoms with Crippen LogP contribution < -0.4 is 15.0 Å². The van der Waals surface area contributed by atoms with Gasteiger partial charge in [0, 0.05) is 5.69 Å². The molecule has 3 aromatic heterocycles. The summed E-state index contributed by atoms with van der Waals surface area (Å²) in [5.74, 6) is 0.682. The van der Waals surface area contributed by atoms with E-state index in [2.05, 4.69) is 15.6 Å². The zero-order valence-electron chi connectivity index (χ0n) is 19.4. The van der Waals surface area contributed by atoms with Crippen LogP contribution in [0.25, 0.3) is 11.0 Å². The molecule has 2 amide bonds. The molecule has 3 heterocycles. The van der Waals surface area contributed by atoms with Crippen LogP contribution >= 0.6 is 0 Å². The molecule has 10 nitrogen and oxygen atoms in total. The number of methoxy groups -OCH3 is 1. The number of benzene rings is 2. The highest BCUT2D eigenvalue weighted by atomic mass is 16.5. The number of carbonyl (C=O) groups is 2. The number of hydrogen-bond donors (Lipinski definition) is 1. The maximum Gasteiger partial charge on any atom is 0.251 e. The summed E-state index contributed by atoms with van der Waals surface area (Å²) in [6, 6.07) is 20.0. The molecule has 0 spiro atoms. The Labute approximate surface area is 206 Å². The lowest BCUT2D eigenvalue weighted by Crippen LogP contribution is -2.45. The zero-order valence-corrected chi connectivity index (χ0v) is 19.4. The van der Waals surface area contributed by atoms with E-state index < -0.39 is 11.9 Å². The van der Waals surface area contributed by atoms with Crippen LogP contribution in [0.3, 0.4) is 0 Å². The number of anilines is 1. The van der Waals surface area contributed by atoms with Crippen molar-refractivity contribution in [1.82, 2.24) is 20.3 Å². The van der Waals surface area contributed by atoms with Crippen molar-refractivity contribution < 1.29 is 23.2 Å². The molecular formula is C26H23N5O5. The fraction of sp³-hybridized carbons (Fsp3) is 0.154. The van der Waals surface area contributed by atoms with Gasteiger partial charge in [-0.1, -0.05) is 17.3 Å². The predicted octanol–water partition coefficient (Wildman–Crippen LogP) is 3.72. The van der Waals surface area contributed by atoms with Crippen molar-refractivity contribution in [2.75, 3.05) is 12.0 Å². The Bertz CT molecular complexity index is 1440. The Morgan fingerprint density at radius 1 is 1.00 bits per heavy atom. The van der Waals surface area contributed by atoms with Crippen LogP contribution in [0.5, 0.6) is 5.75 Å². The Morgan fingerprint density at radius 3 is 2.50 bits per heavy atom. The second kappa shape index (κ2) is 10.2. The van der Waals surface area contributed by atoms with E-state index in [0.29, 0.717) is 34.0 Å². The topological polar surface area (TPSA) is 116 Å². The highest BCUT2D eigenvalue weighted by Crippen LogP contribution is 2.30. The summed E-state index contributed by atoms with van der Waals surface area (Å²) in [7, 11) is 1.56. The van der Waals surface area contributed by atoms with Gasteiger partial charge in [0.05, 0.1) is 31.7 Å². The quantitative estimate of drug-likeness (QED) is 0.338. The first kappa shape index (κ1) is 22.9. The summed E-state index contributed by atoms with van der Waals surface area (Å²) >= 11 is 0. The van der Waals surface area contributed by atoms with Crippen molar-refractivity contribution in [3.05, 3.63) is 96.8 Å². The minimum atomic E-state index is -1.09. The number of carbonyl (C=O) groups excluding carboxylic acids is 2. The van der Waals surface area contributed by atoms with E-state index in [-0.39, 0.29) is 19.0 Å². The second-order valence-electron chi connectivity index (χ2n) is 7.91. The lowest BCUT2D eigenvalue weighted by atomic mass is 10.1. The third-order valence-corrected chi connectivity index (χ3v) is 5.66. The minimum absolute atomic E-state index is 0.144. The van der Waals surface area contributed by atoms with Gasteiger partial charge < -0.3 is 18.9 Å². The number of rotatable bonds is 9. The Hall–Kier alpha value is -4.86. The number of nitrogens with one attached hydrogen (secondary N) is 1. The van der Waals surface area contributed by atoms with E-state index in [4.69, 9.17) is 13.6 Å². The van der Waals surface area contributed by atoms with Crippen molar-refractivity contribution in [1.29, 1.82) is 0 Å². The molecule has 0 aliphatic heterocycles. The van der Waals surface area contributed by atoms with Crippen LogP contribution in [0.1, 0.15) is 17.6 Å². The lowest BCUT2D eigenvalue weighted by molar-refractivity contribution is -0.127. The summed E-state index contributed by atoms with van der Waals surface area (Å²) in [5, 5.41) is 11.1. The molecule has 2 aromatic carbocycles. The SMILES string of the molecule is COc1ccc(N(C(=O)Cn2nnc3ccccc32)[C@H](C(=O)NCc2ccco2)c2ccco2)cc1. The van der Waals surface area contributed by atoms with Gasteiger partial charge in [-0.2, -0.15) is 0 Å².